The van der Waals surface area contributed by atoms with Crippen molar-refractivity contribution in [3.8, 4) is 17.1 Å². The Morgan fingerprint density at radius 2 is 1.97 bits per heavy atom. The first kappa shape index (κ1) is 19.2. The Morgan fingerprint density at radius 1 is 1.10 bits per heavy atom. The van der Waals surface area contributed by atoms with Gasteiger partial charge in [0.25, 0.3) is 0 Å². The topological polar surface area (TPSA) is 69.0 Å². The lowest BCUT2D eigenvalue weighted by molar-refractivity contribution is -0.115. The number of carbonyl (C=O) groups excluding carboxylic acids is 1. The highest BCUT2D eigenvalue weighted by molar-refractivity contribution is 5.92. The van der Waals surface area contributed by atoms with Crippen LogP contribution in [0.2, 0.25) is 0 Å². The second-order valence-electron chi connectivity index (χ2n) is 7.28. The molecule has 2 heterocycles. The van der Waals surface area contributed by atoms with Crippen LogP contribution in [0, 0.1) is 0 Å². The molecule has 6 nitrogen and oxygen atoms in total. The van der Waals surface area contributed by atoms with E-state index in [1.165, 1.54) is 12.8 Å². The number of ether oxygens (including phenoxy) is 1. The second-order valence-corrected chi connectivity index (χ2v) is 7.28. The van der Waals surface area contributed by atoms with Crippen LogP contribution in [0.3, 0.4) is 0 Å². The molecule has 29 heavy (non-hydrogen) atoms. The normalized spacial score (nSPS) is 13.4. The Morgan fingerprint density at radius 3 is 2.79 bits per heavy atom. The van der Waals surface area contributed by atoms with Gasteiger partial charge in [-0.3, -0.25) is 4.79 Å². The molecule has 1 N–H and O–H groups in total. The molecule has 0 radical (unpaired) electrons. The molecule has 0 unspecified atom stereocenters. The van der Waals surface area contributed by atoms with Gasteiger partial charge in [0.2, 0.25) is 5.91 Å². The highest BCUT2D eigenvalue weighted by atomic mass is 16.5. The van der Waals surface area contributed by atoms with E-state index < -0.39 is 0 Å². The van der Waals surface area contributed by atoms with Gasteiger partial charge in [0, 0.05) is 24.2 Å². The number of rotatable bonds is 6. The van der Waals surface area contributed by atoms with E-state index in [0.717, 1.165) is 53.6 Å². The predicted molar refractivity (Wildman–Crippen MR) is 113 cm³/mol. The number of benzene rings is 2. The van der Waals surface area contributed by atoms with Crippen LogP contribution in [0.25, 0.3) is 11.4 Å². The van der Waals surface area contributed by atoms with Crippen LogP contribution in [0.15, 0.2) is 48.5 Å². The molecule has 2 aromatic carbocycles. The van der Waals surface area contributed by atoms with E-state index >= 15 is 0 Å². The Balaban J connectivity index is 1.45. The number of aromatic nitrogens is 3. The highest BCUT2D eigenvalue weighted by Gasteiger charge is 2.16. The standard InChI is InChI=1S/C23H26N4O2/c1-2-29-20-12-10-17(11-13-20)15-22(28)24-19-8-6-7-18(16-19)23-26-25-21-9-4-3-5-14-27(21)23/h6-8,10-13,16H,2-5,9,14-15H2,1H3,(H,24,28). The van der Waals surface area contributed by atoms with E-state index in [4.69, 9.17) is 4.74 Å². The maximum absolute atomic E-state index is 12.5. The molecule has 1 aliphatic heterocycles. The number of nitrogens with one attached hydrogen (secondary N) is 1. The van der Waals surface area contributed by atoms with Crippen molar-refractivity contribution in [1.82, 2.24) is 14.8 Å². The largest absolute Gasteiger partial charge is 0.494 e. The monoisotopic (exact) mass is 390 g/mol. The van der Waals surface area contributed by atoms with Crippen molar-refractivity contribution in [2.24, 2.45) is 0 Å². The van der Waals surface area contributed by atoms with Gasteiger partial charge < -0.3 is 14.6 Å². The Hall–Kier alpha value is -3.15. The van der Waals surface area contributed by atoms with E-state index in [1.54, 1.807) is 0 Å². The average Bonchev–Trinajstić information content (AvgIpc) is 2.98. The summed E-state index contributed by atoms with van der Waals surface area (Å²) in [6.07, 6.45) is 4.84. The molecule has 1 amide bonds. The Labute approximate surface area is 170 Å². The number of amides is 1. The molecule has 0 saturated heterocycles. The Bertz CT molecular complexity index is 979. The van der Waals surface area contributed by atoms with E-state index in [1.807, 2.05) is 55.5 Å². The summed E-state index contributed by atoms with van der Waals surface area (Å²) in [5, 5.41) is 11.8. The first-order valence-electron chi connectivity index (χ1n) is 10.3. The minimum Gasteiger partial charge on any atom is -0.494 e. The zero-order valence-corrected chi connectivity index (χ0v) is 16.7. The number of anilines is 1. The molecular formula is C23H26N4O2. The van der Waals surface area contributed by atoms with E-state index in [9.17, 15) is 4.79 Å². The third-order valence-corrected chi connectivity index (χ3v) is 5.11. The lowest BCUT2D eigenvalue weighted by Gasteiger charge is -2.10. The first-order chi connectivity index (χ1) is 14.2. The second kappa shape index (κ2) is 8.90. The van der Waals surface area contributed by atoms with E-state index in [2.05, 4.69) is 20.1 Å². The predicted octanol–water partition coefficient (Wildman–Crippen LogP) is 4.25. The summed E-state index contributed by atoms with van der Waals surface area (Å²) in [7, 11) is 0. The van der Waals surface area contributed by atoms with E-state index in [0.29, 0.717) is 13.0 Å². The molecule has 150 valence electrons. The van der Waals surface area contributed by atoms with Crippen molar-refractivity contribution in [2.75, 3.05) is 11.9 Å². The average molecular weight is 390 g/mol. The summed E-state index contributed by atoms with van der Waals surface area (Å²) in [6, 6.07) is 15.5. The summed E-state index contributed by atoms with van der Waals surface area (Å²) in [4.78, 5) is 12.5. The number of carbonyl (C=O) groups is 1. The van der Waals surface area contributed by atoms with Gasteiger partial charge in [-0.25, -0.2) is 0 Å². The molecule has 0 saturated carbocycles. The molecule has 1 aliphatic rings. The summed E-state index contributed by atoms with van der Waals surface area (Å²) in [5.41, 5.74) is 2.69. The quantitative estimate of drug-likeness (QED) is 0.683. The maximum Gasteiger partial charge on any atom is 0.228 e. The number of nitrogens with zero attached hydrogens (tertiary/aromatic N) is 3. The smallest absolute Gasteiger partial charge is 0.228 e. The van der Waals surface area contributed by atoms with Crippen molar-refractivity contribution < 1.29 is 9.53 Å². The van der Waals surface area contributed by atoms with Gasteiger partial charge in [-0.05, 0) is 49.6 Å². The fourth-order valence-electron chi connectivity index (χ4n) is 3.70. The fraction of sp³-hybridized carbons (Fsp3) is 0.348. The summed E-state index contributed by atoms with van der Waals surface area (Å²) in [6.45, 7) is 3.53. The molecule has 0 fully saturated rings. The first-order valence-corrected chi connectivity index (χ1v) is 10.3. The summed E-state index contributed by atoms with van der Waals surface area (Å²) >= 11 is 0. The summed E-state index contributed by atoms with van der Waals surface area (Å²) < 4.78 is 7.66. The van der Waals surface area contributed by atoms with Gasteiger partial charge in [-0.2, -0.15) is 0 Å². The number of fused-ring (bicyclic) bond motifs is 1. The van der Waals surface area contributed by atoms with Gasteiger partial charge in [0.1, 0.15) is 11.6 Å². The minimum atomic E-state index is -0.0496. The van der Waals surface area contributed by atoms with Crippen molar-refractivity contribution in [3.63, 3.8) is 0 Å². The molecule has 6 heteroatoms. The minimum absolute atomic E-state index is 0.0496. The molecule has 0 aliphatic carbocycles. The van der Waals surface area contributed by atoms with Crippen LogP contribution in [0.5, 0.6) is 5.75 Å². The van der Waals surface area contributed by atoms with Crippen LogP contribution in [0.1, 0.15) is 37.6 Å². The molecule has 0 spiro atoms. The Kier molecular flexibility index (Phi) is 5.89. The van der Waals surface area contributed by atoms with Crippen LogP contribution in [0.4, 0.5) is 5.69 Å². The van der Waals surface area contributed by atoms with Gasteiger partial charge in [-0.15, -0.1) is 10.2 Å². The van der Waals surface area contributed by atoms with Crippen LogP contribution in [-0.2, 0) is 24.2 Å². The van der Waals surface area contributed by atoms with Crippen LogP contribution < -0.4 is 10.1 Å². The van der Waals surface area contributed by atoms with Crippen molar-refractivity contribution in [3.05, 3.63) is 59.9 Å². The lowest BCUT2D eigenvalue weighted by Crippen LogP contribution is -2.14. The zero-order chi connectivity index (χ0) is 20.1. The molecule has 0 bridgehead atoms. The zero-order valence-electron chi connectivity index (χ0n) is 16.7. The van der Waals surface area contributed by atoms with Crippen LogP contribution >= 0.6 is 0 Å². The van der Waals surface area contributed by atoms with Crippen molar-refractivity contribution >= 4 is 11.6 Å². The summed E-state index contributed by atoms with van der Waals surface area (Å²) in [5.74, 6) is 2.70. The van der Waals surface area contributed by atoms with Gasteiger partial charge in [-0.1, -0.05) is 30.7 Å². The van der Waals surface area contributed by atoms with E-state index in [-0.39, 0.29) is 5.91 Å². The third kappa shape index (κ3) is 4.65. The lowest BCUT2D eigenvalue weighted by atomic mass is 10.1. The number of hydrogen-bond donors (Lipinski definition) is 1. The molecule has 4 rings (SSSR count). The SMILES string of the molecule is CCOc1ccc(CC(=O)Nc2cccc(-c3nnc4n3CCCCC4)c2)cc1. The number of aryl methyl sites for hydroxylation is 1. The maximum atomic E-state index is 12.5. The highest BCUT2D eigenvalue weighted by Crippen LogP contribution is 2.25. The van der Waals surface area contributed by atoms with Crippen molar-refractivity contribution in [2.45, 2.75) is 45.6 Å². The van der Waals surface area contributed by atoms with Crippen LogP contribution in [-0.4, -0.2) is 27.3 Å². The van der Waals surface area contributed by atoms with Crippen molar-refractivity contribution in [1.29, 1.82) is 0 Å². The molecule has 3 aromatic rings. The van der Waals surface area contributed by atoms with Gasteiger partial charge in [0.05, 0.1) is 13.0 Å². The third-order valence-electron chi connectivity index (χ3n) is 5.11. The fourth-order valence-corrected chi connectivity index (χ4v) is 3.70. The molecule has 0 atom stereocenters. The molecule has 1 aromatic heterocycles. The molecular weight excluding hydrogens is 364 g/mol. The van der Waals surface area contributed by atoms with Gasteiger partial charge >= 0.3 is 0 Å². The van der Waals surface area contributed by atoms with Gasteiger partial charge in [0.15, 0.2) is 5.82 Å². The number of hydrogen-bond acceptors (Lipinski definition) is 4.